The number of nitrogens with one attached hydrogen (secondary N) is 1. The van der Waals surface area contributed by atoms with Gasteiger partial charge in [0.25, 0.3) is 5.91 Å². The Morgan fingerprint density at radius 2 is 2.08 bits per heavy atom. The maximum atomic E-state index is 12.4. The molecule has 0 unspecified atom stereocenters. The van der Waals surface area contributed by atoms with Crippen molar-refractivity contribution in [2.24, 2.45) is 0 Å². The second-order valence-corrected chi connectivity index (χ2v) is 7.71. The molecule has 1 N–H and O–H groups in total. The van der Waals surface area contributed by atoms with E-state index in [9.17, 15) is 4.79 Å². The van der Waals surface area contributed by atoms with E-state index in [1.807, 2.05) is 13.0 Å². The molecule has 128 valence electrons. The van der Waals surface area contributed by atoms with Crippen molar-refractivity contribution in [1.82, 2.24) is 15.2 Å². The molecule has 24 heavy (non-hydrogen) atoms. The van der Waals surface area contributed by atoms with Crippen LogP contribution in [0.25, 0.3) is 10.6 Å². The van der Waals surface area contributed by atoms with E-state index in [0.717, 1.165) is 35.9 Å². The number of thiazole rings is 1. The normalized spacial score (nSPS) is 15.0. The molecule has 3 rings (SSSR count). The SMILES string of the molecule is Cc1nc(-c2ccc(Cl)cc2Cl)sc1C(=O)NCCN1CCCC1. The first-order valence-electron chi connectivity index (χ1n) is 7.98. The second-order valence-electron chi connectivity index (χ2n) is 5.86. The lowest BCUT2D eigenvalue weighted by Gasteiger charge is -2.14. The van der Waals surface area contributed by atoms with Crippen LogP contribution in [0.3, 0.4) is 0 Å². The number of halogens is 2. The van der Waals surface area contributed by atoms with Crippen molar-refractivity contribution in [2.75, 3.05) is 26.2 Å². The number of aryl methyl sites for hydroxylation is 1. The van der Waals surface area contributed by atoms with Crippen LogP contribution in [0.4, 0.5) is 0 Å². The van der Waals surface area contributed by atoms with Gasteiger partial charge in [0.1, 0.15) is 9.88 Å². The summed E-state index contributed by atoms with van der Waals surface area (Å²) in [4.78, 5) is 19.9. The molecule has 1 fully saturated rings. The average Bonchev–Trinajstić information content (AvgIpc) is 3.17. The number of aromatic nitrogens is 1. The Morgan fingerprint density at radius 3 is 2.79 bits per heavy atom. The lowest BCUT2D eigenvalue weighted by atomic mass is 10.2. The number of hydrogen-bond donors (Lipinski definition) is 1. The quantitative estimate of drug-likeness (QED) is 0.838. The van der Waals surface area contributed by atoms with Crippen LogP contribution in [0.15, 0.2) is 18.2 Å². The van der Waals surface area contributed by atoms with Gasteiger partial charge in [-0.1, -0.05) is 23.2 Å². The summed E-state index contributed by atoms with van der Waals surface area (Å²) < 4.78 is 0. The Balaban J connectivity index is 1.67. The Morgan fingerprint density at radius 1 is 1.33 bits per heavy atom. The Hall–Kier alpha value is -1.14. The highest BCUT2D eigenvalue weighted by molar-refractivity contribution is 7.17. The van der Waals surface area contributed by atoms with Gasteiger partial charge in [-0.15, -0.1) is 11.3 Å². The van der Waals surface area contributed by atoms with E-state index < -0.39 is 0 Å². The van der Waals surface area contributed by atoms with E-state index in [-0.39, 0.29) is 5.91 Å². The minimum atomic E-state index is -0.0690. The number of benzene rings is 1. The molecule has 1 amide bonds. The molecule has 1 saturated heterocycles. The minimum absolute atomic E-state index is 0.0690. The Bertz CT molecular complexity index is 741. The lowest BCUT2D eigenvalue weighted by Crippen LogP contribution is -2.33. The molecular formula is C17H19Cl2N3OS. The summed E-state index contributed by atoms with van der Waals surface area (Å²) in [6.07, 6.45) is 2.51. The zero-order valence-electron chi connectivity index (χ0n) is 13.4. The van der Waals surface area contributed by atoms with E-state index in [4.69, 9.17) is 23.2 Å². The number of likely N-dealkylation sites (tertiary alicyclic amines) is 1. The van der Waals surface area contributed by atoms with Gasteiger partial charge in [0.2, 0.25) is 0 Å². The highest BCUT2D eigenvalue weighted by Crippen LogP contribution is 2.34. The molecule has 0 spiro atoms. The van der Waals surface area contributed by atoms with Crippen molar-refractivity contribution in [3.63, 3.8) is 0 Å². The van der Waals surface area contributed by atoms with Crippen LogP contribution in [-0.2, 0) is 0 Å². The first kappa shape index (κ1) is 17.7. The summed E-state index contributed by atoms with van der Waals surface area (Å²) in [6.45, 7) is 5.68. The molecule has 0 aliphatic carbocycles. The van der Waals surface area contributed by atoms with Crippen LogP contribution in [0.2, 0.25) is 10.0 Å². The first-order valence-corrected chi connectivity index (χ1v) is 9.55. The average molecular weight is 384 g/mol. The standard InChI is InChI=1S/C17H19Cl2N3OS/c1-11-15(16(23)20-6-9-22-7-2-3-8-22)24-17(21-11)13-5-4-12(18)10-14(13)19/h4-5,10H,2-3,6-9H2,1H3,(H,20,23). The van der Waals surface area contributed by atoms with Crippen LogP contribution < -0.4 is 5.32 Å². The maximum absolute atomic E-state index is 12.4. The molecule has 1 aliphatic heterocycles. The number of amides is 1. The largest absolute Gasteiger partial charge is 0.350 e. The van der Waals surface area contributed by atoms with Crippen LogP contribution in [-0.4, -0.2) is 42.0 Å². The van der Waals surface area contributed by atoms with Crippen LogP contribution >= 0.6 is 34.5 Å². The summed E-state index contributed by atoms with van der Waals surface area (Å²) in [6, 6.07) is 5.29. The van der Waals surface area contributed by atoms with E-state index in [0.29, 0.717) is 21.5 Å². The second kappa shape index (κ2) is 7.83. The summed E-state index contributed by atoms with van der Waals surface area (Å²) >= 11 is 13.5. The van der Waals surface area contributed by atoms with Crippen LogP contribution in [0, 0.1) is 6.92 Å². The van der Waals surface area contributed by atoms with Gasteiger partial charge in [0, 0.05) is 23.7 Å². The highest BCUT2D eigenvalue weighted by atomic mass is 35.5. The van der Waals surface area contributed by atoms with Crippen molar-refractivity contribution in [3.05, 3.63) is 38.8 Å². The molecule has 2 aromatic rings. The molecule has 2 heterocycles. The molecule has 0 radical (unpaired) electrons. The Labute approximate surface area is 155 Å². The van der Waals surface area contributed by atoms with Gasteiger partial charge in [0.05, 0.1) is 10.7 Å². The first-order chi connectivity index (χ1) is 11.5. The highest BCUT2D eigenvalue weighted by Gasteiger charge is 2.18. The van der Waals surface area contributed by atoms with E-state index in [1.54, 1.807) is 12.1 Å². The fourth-order valence-electron chi connectivity index (χ4n) is 2.80. The van der Waals surface area contributed by atoms with Gasteiger partial charge in [0.15, 0.2) is 0 Å². The number of nitrogens with zero attached hydrogens (tertiary/aromatic N) is 2. The van der Waals surface area contributed by atoms with Crippen molar-refractivity contribution in [3.8, 4) is 10.6 Å². The number of hydrogen-bond acceptors (Lipinski definition) is 4. The van der Waals surface area contributed by atoms with Crippen molar-refractivity contribution in [1.29, 1.82) is 0 Å². The molecule has 0 atom stereocenters. The number of carbonyl (C=O) groups is 1. The van der Waals surface area contributed by atoms with Gasteiger partial charge in [-0.2, -0.15) is 0 Å². The third-order valence-corrected chi connectivity index (χ3v) is 5.81. The van der Waals surface area contributed by atoms with Crippen molar-refractivity contribution in [2.45, 2.75) is 19.8 Å². The van der Waals surface area contributed by atoms with Gasteiger partial charge < -0.3 is 10.2 Å². The molecular weight excluding hydrogens is 365 g/mol. The van der Waals surface area contributed by atoms with Crippen LogP contribution in [0.5, 0.6) is 0 Å². The van der Waals surface area contributed by atoms with E-state index >= 15 is 0 Å². The maximum Gasteiger partial charge on any atom is 0.263 e. The summed E-state index contributed by atoms with van der Waals surface area (Å²) in [7, 11) is 0. The molecule has 7 heteroatoms. The van der Waals surface area contributed by atoms with Gasteiger partial charge in [-0.25, -0.2) is 4.98 Å². The van der Waals surface area contributed by atoms with Gasteiger partial charge >= 0.3 is 0 Å². The third-order valence-electron chi connectivity index (χ3n) is 4.08. The van der Waals surface area contributed by atoms with E-state index in [2.05, 4.69) is 15.2 Å². The van der Waals surface area contributed by atoms with Gasteiger partial charge in [-0.3, -0.25) is 4.79 Å². The molecule has 0 bridgehead atoms. The third kappa shape index (κ3) is 4.09. The van der Waals surface area contributed by atoms with Crippen LogP contribution in [0.1, 0.15) is 28.2 Å². The van der Waals surface area contributed by atoms with E-state index in [1.165, 1.54) is 24.2 Å². The van der Waals surface area contributed by atoms with Crippen molar-refractivity contribution < 1.29 is 4.79 Å². The summed E-state index contributed by atoms with van der Waals surface area (Å²) in [5.74, 6) is -0.0690. The molecule has 1 aliphatic rings. The molecule has 1 aromatic heterocycles. The smallest absolute Gasteiger partial charge is 0.263 e. The summed E-state index contributed by atoms with van der Waals surface area (Å²) in [5.41, 5.74) is 1.52. The summed E-state index contributed by atoms with van der Waals surface area (Å²) in [5, 5.41) is 4.85. The van der Waals surface area contributed by atoms with Gasteiger partial charge in [-0.05, 0) is 51.1 Å². The number of rotatable bonds is 5. The molecule has 4 nitrogen and oxygen atoms in total. The molecule has 0 saturated carbocycles. The predicted octanol–water partition coefficient (Wildman–Crippen LogP) is 4.25. The lowest BCUT2D eigenvalue weighted by molar-refractivity contribution is 0.0953. The fourth-order valence-corrected chi connectivity index (χ4v) is 4.38. The fraction of sp³-hybridized carbons (Fsp3) is 0.412. The monoisotopic (exact) mass is 383 g/mol. The minimum Gasteiger partial charge on any atom is -0.350 e. The molecule has 1 aromatic carbocycles. The van der Waals surface area contributed by atoms with Crippen molar-refractivity contribution >= 4 is 40.4 Å². The topological polar surface area (TPSA) is 45.2 Å². The predicted molar refractivity (Wildman–Crippen MR) is 100 cm³/mol. The number of carbonyl (C=O) groups excluding carboxylic acids is 1. The Kier molecular flexibility index (Phi) is 5.76. The zero-order valence-corrected chi connectivity index (χ0v) is 15.8. The zero-order chi connectivity index (χ0) is 17.1.